The molecule has 2 nitrogen and oxygen atoms in total. The molecular formula is C12H8Br4O2. The largest absolute Gasteiger partial charge is 0.506 e. The van der Waals surface area contributed by atoms with Crippen LogP contribution in [0.4, 0.5) is 0 Å². The fourth-order valence-electron chi connectivity index (χ4n) is 1.71. The summed E-state index contributed by atoms with van der Waals surface area (Å²) in [4.78, 5) is 0. The molecule has 0 saturated heterocycles. The first-order valence-electron chi connectivity index (χ1n) is 4.98. The molecule has 0 unspecified atom stereocenters. The van der Waals surface area contributed by atoms with Gasteiger partial charge in [-0.05, 0) is 28.1 Å². The minimum atomic E-state index is -0.435. The van der Waals surface area contributed by atoms with Crippen LogP contribution in [0.1, 0.15) is 12.0 Å². The van der Waals surface area contributed by atoms with E-state index in [0.717, 1.165) is 0 Å². The number of rotatable bonds is 1. The standard InChI is InChI=1S/C12H8Br4O2/c13-8-3-1-2-6(10(8)17)7-4-12(15,16)5-9(14)11(7)18/h1-4,17-18H,5H2. The molecule has 96 valence electrons. The number of phenolic OH excluding ortho intramolecular Hbond substituents is 1. The number of hydrogen-bond acceptors (Lipinski definition) is 2. The van der Waals surface area contributed by atoms with E-state index in [0.29, 0.717) is 26.5 Å². The summed E-state index contributed by atoms with van der Waals surface area (Å²) in [5.41, 5.74) is 1.14. The van der Waals surface area contributed by atoms with Crippen molar-refractivity contribution >= 4 is 69.3 Å². The lowest BCUT2D eigenvalue weighted by atomic mass is 9.97. The molecule has 1 aromatic rings. The van der Waals surface area contributed by atoms with Crippen molar-refractivity contribution in [1.82, 2.24) is 0 Å². The Bertz CT molecular complexity index is 561. The Morgan fingerprint density at radius 1 is 1.11 bits per heavy atom. The van der Waals surface area contributed by atoms with Crippen LogP contribution in [0.2, 0.25) is 0 Å². The van der Waals surface area contributed by atoms with Crippen molar-refractivity contribution < 1.29 is 10.2 Å². The zero-order chi connectivity index (χ0) is 13.5. The Hall–Kier alpha value is 0.220. The summed E-state index contributed by atoms with van der Waals surface area (Å²) in [7, 11) is 0. The van der Waals surface area contributed by atoms with Crippen molar-refractivity contribution in [2.75, 3.05) is 0 Å². The second kappa shape index (κ2) is 5.31. The molecule has 0 radical (unpaired) electrons. The van der Waals surface area contributed by atoms with Gasteiger partial charge in [-0.15, -0.1) is 0 Å². The summed E-state index contributed by atoms with van der Waals surface area (Å²) >= 11 is 13.6. The highest BCUT2D eigenvalue weighted by molar-refractivity contribution is 9.25. The summed E-state index contributed by atoms with van der Waals surface area (Å²) in [6, 6.07) is 5.30. The first-order valence-corrected chi connectivity index (χ1v) is 8.15. The van der Waals surface area contributed by atoms with Gasteiger partial charge < -0.3 is 10.2 Å². The van der Waals surface area contributed by atoms with Crippen molar-refractivity contribution in [3.05, 3.63) is 44.6 Å². The van der Waals surface area contributed by atoms with Crippen LogP contribution < -0.4 is 0 Å². The van der Waals surface area contributed by atoms with Crippen LogP contribution in [-0.4, -0.2) is 13.4 Å². The van der Waals surface area contributed by atoms with E-state index >= 15 is 0 Å². The predicted molar refractivity (Wildman–Crippen MR) is 87.6 cm³/mol. The van der Waals surface area contributed by atoms with Gasteiger partial charge in [0.25, 0.3) is 0 Å². The van der Waals surface area contributed by atoms with Crippen molar-refractivity contribution in [2.45, 2.75) is 9.65 Å². The molecule has 0 atom stereocenters. The summed E-state index contributed by atoms with van der Waals surface area (Å²) in [6.07, 6.45) is 2.41. The highest BCUT2D eigenvalue weighted by Crippen LogP contribution is 2.47. The first-order chi connectivity index (χ1) is 8.32. The fraction of sp³-hybridized carbons (Fsp3) is 0.167. The van der Waals surface area contributed by atoms with E-state index in [9.17, 15) is 10.2 Å². The molecule has 0 fully saturated rings. The Balaban J connectivity index is 2.62. The molecule has 2 N–H and O–H groups in total. The van der Waals surface area contributed by atoms with E-state index in [-0.39, 0.29) is 11.5 Å². The molecule has 0 heterocycles. The van der Waals surface area contributed by atoms with Gasteiger partial charge >= 0.3 is 0 Å². The number of allylic oxidation sites excluding steroid dienone is 3. The van der Waals surface area contributed by atoms with Gasteiger partial charge in [0.1, 0.15) is 14.7 Å². The SMILES string of the molecule is OC1=C(Br)CC(Br)(Br)C=C1c1cccc(Br)c1O. The number of aliphatic hydroxyl groups excluding tert-OH is 1. The fourth-order valence-corrected chi connectivity index (χ4v) is 4.50. The molecular weight excluding hydrogens is 496 g/mol. The molecule has 0 bridgehead atoms. The van der Waals surface area contributed by atoms with Gasteiger partial charge in [-0.25, -0.2) is 0 Å². The van der Waals surface area contributed by atoms with Crippen molar-refractivity contribution in [3.8, 4) is 5.75 Å². The Morgan fingerprint density at radius 3 is 2.44 bits per heavy atom. The van der Waals surface area contributed by atoms with Crippen LogP contribution in [0.15, 0.2) is 39.0 Å². The third-order valence-corrected chi connectivity index (χ3v) is 4.85. The van der Waals surface area contributed by atoms with Gasteiger partial charge in [0.2, 0.25) is 0 Å². The van der Waals surface area contributed by atoms with Crippen LogP contribution in [-0.2, 0) is 0 Å². The molecule has 2 rings (SSSR count). The predicted octanol–water partition coefficient (Wildman–Crippen LogP) is 5.59. The van der Waals surface area contributed by atoms with Crippen molar-refractivity contribution in [1.29, 1.82) is 0 Å². The zero-order valence-electron chi connectivity index (χ0n) is 8.92. The van der Waals surface area contributed by atoms with Gasteiger partial charge in [0.05, 0.1) is 4.47 Å². The number of aliphatic hydroxyl groups is 1. The molecule has 0 spiro atoms. The number of benzene rings is 1. The summed E-state index contributed by atoms with van der Waals surface area (Å²) < 4.78 is 0.827. The summed E-state index contributed by atoms with van der Waals surface area (Å²) in [5, 5.41) is 20.2. The minimum Gasteiger partial charge on any atom is -0.506 e. The maximum absolute atomic E-state index is 10.1. The lowest BCUT2D eigenvalue weighted by Crippen LogP contribution is -2.14. The monoisotopic (exact) mass is 500 g/mol. The van der Waals surface area contributed by atoms with E-state index < -0.39 is 3.23 Å². The quantitative estimate of drug-likeness (QED) is 0.490. The molecule has 18 heavy (non-hydrogen) atoms. The van der Waals surface area contributed by atoms with E-state index in [1.165, 1.54) is 0 Å². The molecule has 1 aromatic carbocycles. The Labute approximate surface area is 138 Å². The molecule has 1 aliphatic carbocycles. The van der Waals surface area contributed by atoms with Gasteiger partial charge in [-0.2, -0.15) is 0 Å². The Kier molecular flexibility index (Phi) is 4.31. The molecule has 6 heteroatoms. The maximum atomic E-state index is 10.1. The second-order valence-corrected chi connectivity index (χ2v) is 9.59. The minimum absolute atomic E-state index is 0.105. The van der Waals surface area contributed by atoms with Crippen molar-refractivity contribution in [3.63, 3.8) is 0 Å². The zero-order valence-corrected chi connectivity index (χ0v) is 15.3. The van der Waals surface area contributed by atoms with Gasteiger partial charge in [0, 0.05) is 22.0 Å². The smallest absolute Gasteiger partial charge is 0.137 e. The number of phenols is 1. The molecule has 1 aliphatic rings. The topological polar surface area (TPSA) is 40.5 Å². The molecule has 0 aliphatic heterocycles. The van der Waals surface area contributed by atoms with Crippen LogP contribution in [0, 0.1) is 0 Å². The average Bonchev–Trinajstić information content (AvgIpc) is 2.27. The first kappa shape index (κ1) is 14.6. The lowest BCUT2D eigenvalue weighted by Gasteiger charge is -2.25. The van der Waals surface area contributed by atoms with Gasteiger partial charge in [-0.3, -0.25) is 0 Å². The second-order valence-electron chi connectivity index (χ2n) is 3.89. The van der Waals surface area contributed by atoms with E-state index in [2.05, 4.69) is 63.7 Å². The third kappa shape index (κ3) is 2.86. The number of halogens is 4. The Morgan fingerprint density at radius 2 is 1.78 bits per heavy atom. The number of para-hydroxylation sites is 1. The molecule has 0 saturated carbocycles. The number of hydrogen-bond donors (Lipinski definition) is 2. The van der Waals surface area contributed by atoms with Crippen LogP contribution >= 0.6 is 63.7 Å². The highest BCUT2D eigenvalue weighted by Gasteiger charge is 2.31. The lowest BCUT2D eigenvalue weighted by molar-refractivity contribution is 0.428. The van der Waals surface area contributed by atoms with Crippen LogP contribution in [0.3, 0.4) is 0 Å². The maximum Gasteiger partial charge on any atom is 0.137 e. The normalized spacial score (nSPS) is 18.8. The third-order valence-electron chi connectivity index (χ3n) is 2.54. The average molecular weight is 504 g/mol. The van der Waals surface area contributed by atoms with Crippen LogP contribution in [0.25, 0.3) is 5.57 Å². The number of alkyl halides is 2. The highest BCUT2D eigenvalue weighted by atomic mass is 79.9. The van der Waals surface area contributed by atoms with Gasteiger partial charge in [0.15, 0.2) is 0 Å². The summed E-state index contributed by atoms with van der Waals surface area (Å²) in [6.45, 7) is 0. The van der Waals surface area contributed by atoms with E-state index in [4.69, 9.17) is 0 Å². The van der Waals surface area contributed by atoms with Crippen molar-refractivity contribution in [2.24, 2.45) is 0 Å². The van der Waals surface area contributed by atoms with Gasteiger partial charge in [-0.1, -0.05) is 59.9 Å². The molecule has 0 amide bonds. The van der Waals surface area contributed by atoms with E-state index in [1.807, 2.05) is 6.08 Å². The van der Waals surface area contributed by atoms with E-state index in [1.54, 1.807) is 18.2 Å². The summed E-state index contributed by atoms with van der Waals surface area (Å²) in [5.74, 6) is 0.242. The van der Waals surface area contributed by atoms with Crippen LogP contribution in [0.5, 0.6) is 5.75 Å². The molecule has 0 aromatic heterocycles. The number of aromatic hydroxyl groups is 1.